The summed E-state index contributed by atoms with van der Waals surface area (Å²) in [6, 6.07) is -2.05. The highest BCUT2D eigenvalue weighted by Crippen LogP contribution is 2.09. The average molecular weight is 311 g/mol. The number of hydrogen-bond acceptors (Lipinski definition) is 5. The standard InChI is InChI=1S/C10H15ClN2O5S/c1-5(14)12-7(3-11)10(18)19-4-8(9(16)17)13-6(2)15/h7-8H,3-4H2,1-2H3,(H,12,14)(H,13,15)(H,16,17). The van der Waals surface area contributed by atoms with Crippen molar-refractivity contribution in [2.45, 2.75) is 25.9 Å². The summed E-state index contributed by atoms with van der Waals surface area (Å²) in [6.07, 6.45) is 0. The SMILES string of the molecule is CC(=O)NC(CSC(=O)C(CCl)NC(C)=O)C(=O)O. The normalized spacial score (nSPS) is 13.2. The third-order valence-electron chi connectivity index (χ3n) is 1.88. The van der Waals surface area contributed by atoms with Crippen molar-refractivity contribution in [3.8, 4) is 0 Å². The minimum absolute atomic E-state index is 0.108. The largest absolute Gasteiger partial charge is 0.480 e. The number of carboxylic acids is 1. The smallest absolute Gasteiger partial charge is 0.327 e. The van der Waals surface area contributed by atoms with Crippen LogP contribution < -0.4 is 10.6 Å². The van der Waals surface area contributed by atoms with E-state index in [4.69, 9.17) is 16.7 Å². The Morgan fingerprint density at radius 3 is 1.95 bits per heavy atom. The molecule has 0 rings (SSSR count). The maximum Gasteiger partial charge on any atom is 0.327 e. The number of rotatable bonds is 7. The summed E-state index contributed by atoms with van der Waals surface area (Å²) in [6.45, 7) is 2.43. The van der Waals surface area contributed by atoms with Gasteiger partial charge in [-0.2, -0.15) is 0 Å². The van der Waals surface area contributed by atoms with E-state index in [9.17, 15) is 19.2 Å². The van der Waals surface area contributed by atoms with Crippen LogP contribution in [0.2, 0.25) is 0 Å². The number of hydrogen-bond donors (Lipinski definition) is 3. The summed E-state index contributed by atoms with van der Waals surface area (Å²) in [7, 11) is 0. The summed E-state index contributed by atoms with van der Waals surface area (Å²) in [5, 5.41) is 12.9. The molecule has 0 fully saturated rings. The lowest BCUT2D eigenvalue weighted by Crippen LogP contribution is -2.43. The number of aliphatic carboxylic acids is 1. The van der Waals surface area contributed by atoms with Gasteiger partial charge in [0.05, 0.1) is 5.88 Å². The second-order valence-corrected chi connectivity index (χ2v) is 4.96. The molecule has 3 N–H and O–H groups in total. The molecule has 19 heavy (non-hydrogen) atoms. The Morgan fingerprint density at radius 2 is 1.58 bits per heavy atom. The fraction of sp³-hybridized carbons (Fsp3) is 0.600. The first-order chi connectivity index (χ1) is 8.77. The summed E-state index contributed by atoms with van der Waals surface area (Å²) in [5.74, 6) is -2.39. The number of halogens is 1. The molecule has 0 aromatic carbocycles. The topological polar surface area (TPSA) is 113 Å². The van der Waals surface area contributed by atoms with Gasteiger partial charge in [0.15, 0.2) is 0 Å². The lowest BCUT2D eigenvalue weighted by Gasteiger charge is -2.15. The highest BCUT2D eigenvalue weighted by atomic mass is 35.5. The summed E-state index contributed by atoms with van der Waals surface area (Å²) < 4.78 is 0. The number of amides is 2. The van der Waals surface area contributed by atoms with Crippen molar-refractivity contribution in [1.29, 1.82) is 0 Å². The minimum Gasteiger partial charge on any atom is -0.480 e. The van der Waals surface area contributed by atoms with E-state index in [1.54, 1.807) is 0 Å². The van der Waals surface area contributed by atoms with Gasteiger partial charge < -0.3 is 15.7 Å². The van der Waals surface area contributed by atoms with Crippen LogP contribution in [0.15, 0.2) is 0 Å². The van der Waals surface area contributed by atoms with E-state index in [-0.39, 0.29) is 11.6 Å². The van der Waals surface area contributed by atoms with E-state index in [2.05, 4.69) is 10.6 Å². The van der Waals surface area contributed by atoms with E-state index in [1.807, 2.05) is 0 Å². The van der Waals surface area contributed by atoms with E-state index in [0.717, 1.165) is 0 Å². The quantitative estimate of drug-likeness (QED) is 0.550. The molecule has 0 aromatic heterocycles. The number of thioether (sulfide) groups is 1. The predicted octanol–water partition coefficient (Wildman–Crippen LogP) is -0.421. The number of carboxylic acid groups (broad SMARTS) is 1. The average Bonchev–Trinajstić information content (AvgIpc) is 2.29. The molecule has 2 amide bonds. The summed E-state index contributed by atoms with van der Waals surface area (Å²) >= 11 is 6.23. The van der Waals surface area contributed by atoms with E-state index in [0.29, 0.717) is 11.8 Å². The van der Waals surface area contributed by atoms with Crippen LogP contribution >= 0.6 is 23.4 Å². The van der Waals surface area contributed by atoms with Gasteiger partial charge in [-0.3, -0.25) is 14.4 Å². The summed E-state index contributed by atoms with van der Waals surface area (Å²) in [4.78, 5) is 44.1. The van der Waals surface area contributed by atoms with Crippen molar-refractivity contribution in [1.82, 2.24) is 10.6 Å². The zero-order valence-corrected chi connectivity index (χ0v) is 12.0. The van der Waals surface area contributed by atoms with Gasteiger partial charge in [-0.05, 0) is 0 Å². The third-order valence-corrected chi connectivity index (χ3v) is 3.26. The van der Waals surface area contributed by atoms with Crippen molar-refractivity contribution < 1.29 is 24.3 Å². The van der Waals surface area contributed by atoms with E-state index >= 15 is 0 Å². The highest BCUT2D eigenvalue weighted by molar-refractivity contribution is 8.13. The fourth-order valence-electron chi connectivity index (χ4n) is 1.09. The Hall–Kier alpha value is -1.28. The second-order valence-electron chi connectivity index (χ2n) is 3.63. The molecule has 0 heterocycles. The van der Waals surface area contributed by atoms with E-state index < -0.39 is 35.0 Å². The zero-order valence-electron chi connectivity index (χ0n) is 10.4. The van der Waals surface area contributed by atoms with Crippen LogP contribution in [0.5, 0.6) is 0 Å². The lowest BCUT2D eigenvalue weighted by atomic mass is 10.3. The number of nitrogens with one attached hydrogen (secondary N) is 2. The number of carbonyl (C=O) groups excluding carboxylic acids is 3. The molecule has 0 radical (unpaired) electrons. The zero-order chi connectivity index (χ0) is 15.0. The van der Waals surface area contributed by atoms with Crippen LogP contribution in [-0.2, 0) is 19.2 Å². The first-order valence-corrected chi connectivity index (χ1v) is 6.79. The summed E-state index contributed by atoms with van der Waals surface area (Å²) in [5.41, 5.74) is 0. The first kappa shape index (κ1) is 17.7. The Morgan fingerprint density at radius 1 is 1.11 bits per heavy atom. The predicted molar refractivity (Wildman–Crippen MR) is 71.0 cm³/mol. The monoisotopic (exact) mass is 310 g/mol. The van der Waals surface area contributed by atoms with Crippen LogP contribution in [0.25, 0.3) is 0 Å². The molecule has 0 aliphatic heterocycles. The van der Waals surface area contributed by atoms with Crippen LogP contribution in [0.4, 0.5) is 0 Å². The molecule has 7 nitrogen and oxygen atoms in total. The van der Waals surface area contributed by atoms with Gasteiger partial charge >= 0.3 is 5.97 Å². The molecule has 0 aromatic rings. The van der Waals surface area contributed by atoms with Crippen LogP contribution in [0.1, 0.15) is 13.8 Å². The van der Waals surface area contributed by atoms with Crippen LogP contribution in [0, 0.1) is 0 Å². The van der Waals surface area contributed by atoms with Crippen molar-refractivity contribution in [3.63, 3.8) is 0 Å². The Labute approximate surface area is 119 Å². The second kappa shape index (κ2) is 8.76. The number of carbonyl (C=O) groups is 4. The molecule has 0 aliphatic carbocycles. The molecule has 9 heteroatoms. The lowest BCUT2D eigenvalue weighted by molar-refractivity contribution is -0.140. The fourth-order valence-corrected chi connectivity index (χ4v) is 2.30. The van der Waals surface area contributed by atoms with Gasteiger partial charge in [-0.25, -0.2) is 4.79 Å². The van der Waals surface area contributed by atoms with Crippen LogP contribution in [-0.4, -0.2) is 51.7 Å². The molecule has 0 aliphatic rings. The van der Waals surface area contributed by atoms with Crippen LogP contribution in [0.3, 0.4) is 0 Å². The highest BCUT2D eigenvalue weighted by Gasteiger charge is 2.24. The van der Waals surface area contributed by atoms with Gasteiger partial charge in [0.25, 0.3) is 0 Å². The van der Waals surface area contributed by atoms with E-state index in [1.165, 1.54) is 13.8 Å². The minimum atomic E-state index is -1.24. The maximum absolute atomic E-state index is 11.7. The molecular formula is C10H15ClN2O5S. The third kappa shape index (κ3) is 7.68. The maximum atomic E-state index is 11.7. The van der Waals surface area contributed by atoms with Crippen molar-refractivity contribution in [3.05, 3.63) is 0 Å². The Bertz CT molecular complexity index is 377. The first-order valence-electron chi connectivity index (χ1n) is 5.27. The molecule has 0 saturated heterocycles. The molecule has 0 spiro atoms. The number of alkyl halides is 1. The van der Waals surface area contributed by atoms with Gasteiger partial charge in [0.2, 0.25) is 16.9 Å². The van der Waals surface area contributed by atoms with Gasteiger partial charge in [0, 0.05) is 19.6 Å². The van der Waals surface area contributed by atoms with Gasteiger partial charge in [-0.1, -0.05) is 11.8 Å². The van der Waals surface area contributed by atoms with Gasteiger partial charge in [-0.15, -0.1) is 11.6 Å². The Kier molecular flexibility index (Phi) is 8.17. The van der Waals surface area contributed by atoms with Gasteiger partial charge in [0.1, 0.15) is 12.1 Å². The van der Waals surface area contributed by atoms with Crippen molar-refractivity contribution >= 4 is 46.3 Å². The van der Waals surface area contributed by atoms with Crippen molar-refractivity contribution in [2.75, 3.05) is 11.6 Å². The molecule has 2 unspecified atom stereocenters. The molecule has 0 saturated carbocycles. The molecule has 2 atom stereocenters. The molecule has 108 valence electrons. The molecule has 0 bridgehead atoms. The Balaban J connectivity index is 4.41. The van der Waals surface area contributed by atoms with Crippen molar-refractivity contribution in [2.24, 2.45) is 0 Å². The molecular weight excluding hydrogens is 296 g/mol.